The highest BCUT2D eigenvalue weighted by Gasteiger charge is 2.15. The lowest BCUT2D eigenvalue weighted by atomic mass is 10.1. The zero-order valence-corrected chi connectivity index (χ0v) is 12.0. The van der Waals surface area contributed by atoms with Gasteiger partial charge < -0.3 is 4.57 Å². The molecule has 6 heteroatoms. The van der Waals surface area contributed by atoms with Crippen molar-refractivity contribution in [3.8, 4) is 0 Å². The zero-order valence-electron chi connectivity index (χ0n) is 12.0. The van der Waals surface area contributed by atoms with Crippen LogP contribution in [0.3, 0.4) is 0 Å². The van der Waals surface area contributed by atoms with Crippen molar-refractivity contribution in [2.75, 3.05) is 0 Å². The minimum atomic E-state index is -0.570. The minimum Gasteiger partial charge on any atom is -0.351 e. The normalized spacial score (nSPS) is 10.8. The van der Waals surface area contributed by atoms with Crippen molar-refractivity contribution in [1.29, 1.82) is 0 Å². The van der Waals surface area contributed by atoms with Crippen LogP contribution in [-0.2, 0) is 13.6 Å². The lowest BCUT2D eigenvalue weighted by molar-refractivity contribution is 0.0969. The molecule has 0 fully saturated rings. The van der Waals surface area contributed by atoms with E-state index in [1.807, 2.05) is 25.5 Å². The molecule has 0 amide bonds. The van der Waals surface area contributed by atoms with E-state index >= 15 is 0 Å². The monoisotopic (exact) mass is 275 g/mol. The van der Waals surface area contributed by atoms with Crippen LogP contribution in [-0.4, -0.2) is 19.9 Å². The summed E-state index contributed by atoms with van der Waals surface area (Å²) in [5.74, 6) is -0.153. The van der Waals surface area contributed by atoms with Crippen molar-refractivity contribution >= 4 is 5.78 Å². The molecule has 0 spiro atoms. The Morgan fingerprint density at radius 1 is 1.25 bits per heavy atom. The Morgan fingerprint density at radius 2 is 1.90 bits per heavy atom. The standard InChI is InChI=1S/C14H17N3O3/c1-8-6-17(14(20)15-13(8)19)7-12(18)11-5-9(2)16(4)10(11)3/h5-6H,7H2,1-4H3,(H,15,19,20). The number of nitrogens with zero attached hydrogens (tertiary/aromatic N) is 2. The van der Waals surface area contributed by atoms with Gasteiger partial charge in [-0.15, -0.1) is 0 Å². The fraction of sp³-hybridized carbons (Fsp3) is 0.357. The van der Waals surface area contributed by atoms with Gasteiger partial charge in [-0.05, 0) is 26.8 Å². The quantitative estimate of drug-likeness (QED) is 0.837. The van der Waals surface area contributed by atoms with Gasteiger partial charge in [-0.2, -0.15) is 0 Å². The number of hydrogen-bond acceptors (Lipinski definition) is 3. The van der Waals surface area contributed by atoms with E-state index in [2.05, 4.69) is 4.98 Å². The van der Waals surface area contributed by atoms with Crippen LogP contribution in [0.2, 0.25) is 0 Å². The second-order valence-corrected chi connectivity index (χ2v) is 4.97. The van der Waals surface area contributed by atoms with E-state index < -0.39 is 11.2 Å². The summed E-state index contributed by atoms with van der Waals surface area (Å²) >= 11 is 0. The first-order valence-electron chi connectivity index (χ1n) is 6.27. The third kappa shape index (κ3) is 2.36. The summed E-state index contributed by atoms with van der Waals surface area (Å²) in [7, 11) is 1.89. The molecule has 2 aromatic rings. The summed E-state index contributed by atoms with van der Waals surface area (Å²) in [6.07, 6.45) is 1.41. The van der Waals surface area contributed by atoms with Gasteiger partial charge in [-0.25, -0.2) is 4.79 Å². The van der Waals surface area contributed by atoms with Crippen molar-refractivity contribution < 1.29 is 4.79 Å². The molecule has 0 unspecified atom stereocenters. The molecule has 0 saturated heterocycles. The Hall–Kier alpha value is -2.37. The number of carbonyl (C=O) groups is 1. The van der Waals surface area contributed by atoms with Crippen molar-refractivity contribution in [3.63, 3.8) is 0 Å². The molecule has 20 heavy (non-hydrogen) atoms. The van der Waals surface area contributed by atoms with Gasteiger partial charge in [0.25, 0.3) is 5.56 Å². The van der Waals surface area contributed by atoms with Gasteiger partial charge in [0.2, 0.25) is 0 Å². The number of rotatable bonds is 3. The van der Waals surface area contributed by atoms with Crippen LogP contribution in [0.1, 0.15) is 27.3 Å². The predicted molar refractivity (Wildman–Crippen MR) is 75.3 cm³/mol. The molecule has 0 radical (unpaired) electrons. The van der Waals surface area contributed by atoms with Gasteiger partial charge >= 0.3 is 5.69 Å². The molecule has 0 bridgehead atoms. The van der Waals surface area contributed by atoms with E-state index in [9.17, 15) is 14.4 Å². The number of nitrogens with one attached hydrogen (secondary N) is 1. The van der Waals surface area contributed by atoms with Crippen molar-refractivity contribution in [2.24, 2.45) is 7.05 Å². The SMILES string of the molecule is Cc1cn(CC(=O)c2cc(C)n(C)c2C)c(=O)[nH]c1=O. The van der Waals surface area contributed by atoms with E-state index in [0.29, 0.717) is 11.1 Å². The molecule has 0 aliphatic heterocycles. The predicted octanol–water partition coefficient (Wildman–Crippen LogP) is 0.683. The van der Waals surface area contributed by atoms with Crippen molar-refractivity contribution in [2.45, 2.75) is 27.3 Å². The van der Waals surface area contributed by atoms with Crippen LogP contribution in [0.25, 0.3) is 0 Å². The number of H-pyrrole nitrogens is 1. The van der Waals surface area contributed by atoms with Gasteiger partial charge in [0.05, 0.1) is 6.54 Å². The smallest absolute Gasteiger partial charge is 0.328 e. The average Bonchev–Trinajstić information content (AvgIpc) is 2.64. The summed E-state index contributed by atoms with van der Waals surface area (Å²) in [6, 6.07) is 1.81. The third-order valence-electron chi connectivity index (χ3n) is 3.58. The van der Waals surface area contributed by atoms with E-state index in [-0.39, 0.29) is 12.3 Å². The first-order valence-corrected chi connectivity index (χ1v) is 6.27. The fourth-order valence-corrected chi connectivity index (χ4v) is 2.11. The highest BCUT2D eigenvalue weighted by atomic mass is 16.2. The second kappa shape index (κ2) is 4.96. The molecule has 0 aliphatic rings. The summed E-state index contributed by atoms with van der Waals surface area (Å²) < 4.78 is 3.15. The number of aryl methyl sites for hydroxylation is 2. The summed E-state index contributed by atoms with van der Waals surface area (Å²) in [6.45, 7) is 5.29. The number of ketones is 1. The molecule has 2 aromatic heterocycles. The van der Waals surface area contributed by atoms with Crippen LogP contribution >= 0.6 is 0 Å². The molecule has 0 aliphatic carbocycles. The Balaban J connectivity index is 2.37. The molecule has 2 heterocycles. The van der Waals surface area contributed by atoms with Crippen LogP contribution in [0.4, 0.5) is 0 Å². The Labute approximate surface area is 115 Å². The van der Waals surface area contributed by atoms with E-state index in [4.69, 9.17) is 0 Å². The number of aromatic amines is 1. The molecule has 2 rings (SSSR count). The summed E-state index contributed by atoms with van der Waals surface area (Å²) in [4.78, 5) is 37.4. The highest BCUT2D eigenvalue weighted by molar-refractivity contribution is 5.97. The van der Waals surface area contributed by atoms with Gasteiger partial charge in [0.1, 0.15) is 0 Å². The van der Waals surface area contributed by atoms with E-state index in [1.54, 1.807) is 13.0 Å². The molecule has 0 saturated carbocycles. The maximum absolute atomic E-state index is 12.3. The Morgan fingerprint density at radius 3 is 2.45 bits per heavy atom. The van der Waals surface area contributed by atoms with Crippen molar-refractivity contribution in [1.82, 2.24) is 14.1 Å². The molecule has 0 atom stereocenters. The Bertz CT molecular complexity index is 793. The fourth-order valence-electron chi connectivity index (χ4n) is 2.11. The van der Waals surface area contributed by atoms with Crippen LogP contribution < -0.4 is 11.2 Å². The lowest BCUT2D eigenvalue weighted by Gasteiger charge is -2.05. The third-order valence-corrected chi connectivity index (χ3v) is 3.58. The number of hydrogen-bond donors (Lipinski definition) is 1. The van der Waals surface area contributed by atoms with Crippen LogP contribution in [0.15, 0.2) is 21.9 Å². The first kappa shape index (κ1) is 14.0. The van der Waals surface area contributed by atoms with Gasteiger partial charge in [0.15, 0.2) is 5.78 Å². The molecule has 1 N–H and O–H groups in total. The second-order valence-electron chi connectivity index (χ2n) is 4.97. The Kier molecular flexibility index (Phi) is 3.48. The molecule has 6 nitrogen and oxygen atoms in total. The summed E-state index contributed by atoms with van der Waals surface area (Å²) in [5.41, 5.74) is 1.85. The highest BCUT2D eigenvalue weighted by Crippen LogP contribution is 2.14. The largest absolute Gasteiger partial charge is 0.351 e. The molecular formula is C14H17N3O3. The van der Waals surface area contributed by atoms with Gasteiger partial charge in [0, 0.05) is 35.8 Å². The topological polar surface area (TPSA) is 76.9 Å². The molecular weight excluding hydrogens is 258 g/mol. The number of aromatic nitrogens is 3. The maximum Gasteiger partial charge on any atom is 0.328 e. The average molecular weight is 275 g/mol. The van der Waals surface area contributed by atoms with Crippen LogP contribution in [0, 0.1) is 20.8 Å². The minimum absolute atomic E-state index is 0.0826. The zero-order chi connectivity index (χ0) is 15.0. The van der Waals surface area contributed by atoms with E-state index in [0.717, 1.165) is 11.4 Å². The van der Waals surface area contributed by atoms with Crippen LogP contribution in [0.5, 0.6) is 0 Å². The summed E-state index contributed by atoms with van der Waals surface area (Å²) in [5, 5.41) is 0. The number of Topliss-reactive ketones (excluding diaryl/α,β-unsaturated/α-hetero) is 1. The number of carbonyl (C=O) groups excluding carboxylic acids is 1. The van der Waals surface area contributed by atoms with E-state index in [1.165, 1.54) is 10.8 Å². The van der Waals surface area contributed by atoms with Crippen molar-refractivity contribution in [3.05, 3.63) is 55.6 Å². The maximum atomic E-state index is 12.3. The first-order chi connectivity index (χ1) is 9.31. The molecule has 106 valence electrons. The van der Waals surface area contributed by atoms with Gasteiger partial charge in [-0.3, -0.25) is 19.1 Å². The molecule has 0 aromatic carbocycles. The lowest BCUT2D eigenvalue weighted by Crippen LogP contribution is -2.32. The van der Waals surface area contributed by atoms with Gasteiger partial charge in [-0.1, -0.05) is 0 Å².